The van der Waals surface area contributed by atoms with Crippen molar-refractivity contribution in [1.82, 2.24) is 0 Å². The molecule has 1 fully saturated rings. The zero-order chi connectivity index (χ0) is 15.8. The molecule has 112 valence electrons. The normalized spacial score (nSPS) is 27.9. The Kier molecular flexibility index (Phi) is 3.81. The Morgan fingerprint density at radius 2 is 1.90 bits per heavy atom. The lowest BCUT2D eigenvalue weighted by Crippen LogP contribution is -2.23. The van der Waals surface area contributed by atoms with Gasteiger partial charge in [0.05, 0.1) is 6.07 Å². The van der Waals surface area contributed by atoms with E-state index >= 15 is 0 Å². The fourth-order valence-electron chi connectivity index (χ4n) is 2.86. The maximum atomic E-state index is 12.1. The Balaban J connectivity index is 2.50. The molecule has 0 unspecified atom stereocenters. The van der Waals surface area contributed by atoms with E-state index in [0.29, 0.717) is 5.56 Å². The van der Waals surface area contributed by atoms with Crippen LogP contribution in [0, 0.1) is 16.7 Å². The Labute approximate surface area is 124 Å². The molecule has 0 radical (unpaired) electrons. The van der Waals surface area contributed by atoms with Gasteiger partial charge in [-0.1, -0.05) is 38.1 Å². The number of benzene rings is 1. The second kappa shape index (κ2) is 5.15. The second-order valence-corrected chi connectivity index (χ2v) is 7.64. The number of sulfone groups is 1. The highest BCUT2D eigenvalue weighted by molar-refractivity contribution is 7.92. The Hall–Kier alpha value is -1.87. The summed E-state index contributed by atoms with van der Waals surface area (Å²) in [5.41, 5.74) is -0.187. The molecule has 6 heteroatoms. The largest absolute Gasteiger partial charge is 0.480 e. The fourth-order valence-corrected chi connectivity index (χ4v) is 4.79. The third-order valence-electron chi connectivity index (χ3n) is 4.21. The zero-order valence-corrected chi connectivity index (χ0v) is 12.7. The zero-order valence-electron chi connectivity index (χ0n) is 11.9. The SMILES string of the molecule is CCc1ccc([C@H]2[C@H](S(=O)(=O)CC)[C@@]2(C#N)C(=O)O)cc1. The molecule has 1 saturated carbocycles. The lowest BCUT2D eigenvalue weighted by Gasteiger charge is -2.03. The van der Waals surface area contributed by atoms with Gasteiger partial charge in [-0.25, -0.2) is 8.42 Å². The molecule has 1 aliphatic carbocycles. The van der Waals surface area contributed by atoms with Crippen LogP contribution in [0.15, 0.2) is 24.3 Å². The topological polar surface area (TPSA) is 95.2 Å². The maximum Gasteiger partial charge on any atom is 0.326 e. The highest BCUT2D eigenvalue weighted by atomic mass is 32.2. The summed E-state index contributed by atoms with van der Waals surface area (Å²) in [4.78, 5) is 11.5. The molecule has 2 rings (SSSR count). The van der Waals surface area contributed by atoms with Crippen LogP contribution in [0.3, 0.4) is 0 Å². The molecule has 5 nitrogen and oxygen atoms in total. The molecular weight excluding hydrogens is 290 g/mol. The highest BCUT2D eigenvalue weighted by Crippen LogP contribution is 2.63. The van der Waals surface area contributed by atoms with Crippen molar-refractivity contribution in [3.63, 3.8) is 0 Å². The summed E-state index contributed by atoms with van der Waals surface area (Å²) < 4.78 is 24.3. The van der Waals surface area contributed by atoms with Gasteiger partial charge in [-0.05, 0) is 17.5 Å². The third kappa shape index (κ3) is 2.22. The lowest BCUT2D eigenvalue weighted by atomic mass is 9.99. The molecule has 1 aromatic rings. The number of aryl methyl sites for hydroxylation is 1. The van der Waals surface area contributed by atoms with E-state index in [9.17, 15) is 23.6 Å². The van der Waals surface area contributed by atoms with Crippen LogP contribution >= 0.6 is 0 Å². The molecule has 0 amide bonds. The van der Waals surface area contributed by atoms with Crippen LogP contribution < -0.4 is 0 Å². The van der Waals surface area contributed by atoms with Crippen LogP contribution in [-0.4, -0.2) is 30.5 Å². The molecule has 1 aromatic carbocycles. The summed E-state index contributed by atoms with van der Waals surface area (Å²) in [5, 5.41) is 17.5. The second-order valence-electron chi connectivity index (χ2n) is 5.23. The maximum absolute atomic E-state index is 12.1. The minimum atomic E-state index is -3.61. The molecule has 0 aliphatic heterocycles. The van der Waals surface area contributed by atoms with E-state index in [4.69, 9.17) is 0 Å². The Morgan fingerprint density at radius 3 is 2.29 bits per heavy atom. The van der Waals surface area contributed by atoms with Crippen molar-refractivity contribution in [2.24, 2.45) is 5.41 Å². The van der Waals surface area contributed by atoms with Crippen LogP contribution in [0.5, 0.6) is 0 Å². The van der Waals surface area contributed by atoms with Gasteiger partial charge in [0.15, 0.2) is 15.3 Å². The van der Waals surface area contributed by atoms with Gasteiger partial charge in [-0.2, -0.15) is 5.26 Å². The number of nitriles is 1. The van der Waals surface area contributed by atoms with E-state index in [-0.39, 0.29) is 5.75 Å². The minimum absolute atomic E-state index is 0.169. The number of carboxylic acids is 1. The van der Waals surface area contributed by atoms with E-state index in [2.05, 4.69) is 0 Å². The van der Waals surface area contributed by atoms with Gasteiger partial charge in [0, 0.05) is 11.7 Å². The number of aliphatic carboxylic acids is 1. The van der Waals surface area contributed by atoms with E-state index in [1.165, 1.54) is 6.92 Å². The summed E-state index contributed by atoms with van der Waals surface area (Å²) >= 11 is 0. The molecule has 21 heavy (non-hydrogen) atoms. The van der Waals surface area contributed by atoms with Crippen molar-refractivity contribution < 1.29 is 18.3 Å². The summed E-state index contributed by atoms with van der Waals surface area (Å²) in [6.07, 6.45) is 0.837. The number of nitrogens with zero attached hydrogens (tertiary/aromatic N) is 1. The molecule has 1 N–H and O–H groups in total. The van der Waals surface area contributed by atoms with Crippen LogP contribution in [-0.2, 0) is 21.1 Å². The number of carboxylic acid groups (broad SMARTS) is 1. The third-order valence-corrected chi connectivity index (χ3v) is 6.43. The van der Waals surface area contributed by atoms with Gasteiger partial charge >= 0.3 is 5.97 Å². The quantitative estimate of drug-likeness (QED) is 0.894. The average molecular weight is 307 g/mol. The number of hydrogen-bond acceptors (Lipinski definition) is 4. The van der Waals surface area contributed by atoms with E-state index in [1.54, 1.807) is 18.2 Å². The van der Waals surface area contributed by atoms with E-state index < -0.39 is 32.4 Å². The lowest BCUT2D eigenvalue weighted by molar-refractivity contribution is -0.141. The number of hydrogen-bond donors (Lipinski definition) is 1. The van der Waals surface area contributed by atoms with Crippen LogP contribution in [0.4, 0.5) is 0 Å². The summed E-state index contributed by atoms with van der Waals surface area (Å²) in [6, 6.07) is 8.87. The fraction of sp³-hybridized carbons (Fsp3) is 0.467. The van der Waals surface area contributed by atoms with Gasteiger partial charge in [0.25, 0.3) is 0 Å². The molecule has 1 aliphatic rings. The predicted molar refractivity (Wildman–Crippen MR) is 77.5 cm³/mol. The van der Waals surface area contributed by atoms with Crippen LogP contribution in [0.2, 0.25) is 0 Å². The van der Waals surface area contributed by atoms with Gasteiger partial charge in [-0.15, -0.1) is 0 Å². The highest BCUT2D eigenvalue weighted by Gasteiger charge is 2.76. The van der Waals surface area contributed by atoms with Gasteiger partial charge in [0.2, 0.25) is 0 Å². The first-order valence-corrected chi connectivity index (χ1v) is 8.51. The predicted octanol–water partition coefficient (Wildman–Crippen LogP) is 1.74. The van der Waals surface area contributed by atoms with Crippen molar-refractivity contribution in [2.45, 2.75) is 31.4 Å². The first-order chi connectivity index (χ1) is 9.85. The van der Waals surface area contributed by atoms with Crippen molar-refractivity contribution in [1.29, 1.82) is 5.26 Å². The molecule has 0 saturated heterocycles. The summed E-state index contributed by atoms with van der Waals surface area (Å²) in [5.74, 6) is -2.33. The Morgan fingerprint density at radius 1 is 1.33 bits per heavy atom. The molecule has 3 atom stereocenters. The van der Waals surface area contributed by atoms with E-state index in [1.807, 2.05) is 19.1 Å². The summed E-state index contributed by atoms with van der Waals surface area (Å²) in [7, 11) is -3.61. The Bertz CT molecular complexity index is 702. The monoisotopic (exact) mass is 307 g/mol. The van der Waals surface area contributed by atoms with Crippen molar-refractivity contribution >= 4 is 15.8 Å². The number of rotatable bonds is 5. The van der Waals surface area contributed by atoms with Gasteiger partial charge in [0.1, 0.15) is 5.25 Å². The first-order valence-electron chi connectivity index (χ1n) is 6.80. The molecular formula is C15H17NO4S. The van der Waals surface area contributed by atoms with Gasteiger partial charge < -0.3 is 5.11 Å². The van der Waals surface area contributed by atoms with Crippen molar-refractivity contribution in [3.8, 4) is 6.07 Å². The molecule has 0 heterocycles. The smallest absolute Gasteiger partial charge is 0.326 e. The molecule has 0 aromatic heterocycles. The minimum Gasteiger partial charge on any atom is -0.480 e. The first kappa shape index (κ1) is 15.5. The van der Waals surface area contributed by atoms with Gasteiger partial charge in [-0.3, -0.25) is 4.79 Å². The van der Waals surface area contributed by atoms with E-state index in [0.717, 1.165) is 12.0 Å². The molecule has 0 spiro atoms. The average Bonchev–Trinajstić information content (AvgIpc) is 3.19. The van der Waals surface area contributed by atoms with Crippen LogP contribution in [0.1, 0.15) is 30.9 Å². The number of carbonyl (C=O) groups is 1. The van der Waals surface area contributed by atoms with Crippen molar-refractivity contribution in [3.05, 3.63) is 35.4 Å². The van der Waals surface area contributed by atoms with Crippen LogP contribution in [0.25, 0.3) is 0 Å². The molecule has 0 bridgehead atoms. The summed E-state index contributed by atoms with van der Waals surface area (Å²) in [6.45, 7) is 3.46. The van der Waals surface area contributed by atoms with Crippen molar-refractivity contribution in [2.75, 3.05) is 5.75 Å². The standard InChI is InChI=1S/C15H17NO4S/c1-3-10-5-7-11(8-6-10)12-13(21(19,20)4-2)15(12,9-16)14(17)18/h5-8,12-13H,3-4H2,1-2H3,(H,17,18)/t12-,13-,15-/m0/s1.